The van der Waals surface area contributed by atoms with Gasteiger partial charge in [0.2, 0.25) is 17.7 Å². The van der Waals surface area contributed by atoms with Crippen molar-refractivity contribution < 1.29 is 18.8 Å². The molecule has 0 aliphatic rings. The number of hydrogen-bond acceptors (Lipinski definition) is 4. The largest absolute Gasteiger partial charge is 0.350 e. The van der Waals surface area contributed by atoms with E-state index in [1.165, 1.54) is 17.0 Å². The third kappa shape index (κ3) is 8.38. The first kappa shape index (κ1) is 23.0. The average molecular weight is 414 g/mol. The highest BCUT2D eigenvalue weighted by atomic mass is 19.1. The maximum atomic E-state index is 13.2. The number of rotatable bonds is 8. The summed E-state index contributed by atoms with van der Waals surface area (Å²) < 4.78 is 13.2. The van der Waals surface area contributed by atoms with Crippen molar-refractivity contribution in [2.75, 3.05) is 11.9 Å². The zero-order chi connectivity index (χ0) is 22.1. The van der Waals surface area contributed by atoms with Gasteiger partial charge in [-0.1, -0.05) is 18.2 Å². The summed E-state index contributed by atoms with van der Waals surface area (Å²) in [5.74, 6) is -0.977. The van der Waals surface area contributed by atoms with Crippen LogP contribution in [0.4, 0.5) is 10.2 Å². The Morgan fingerprint density at radius 1 is 1.00 bits per heavy atom. The van der Waals surface area contributed by atoms with Crippen LogP contribution in [-0.4, -0.2) is 39.7 Å². The van der Waals surface area contributed by atoms with Gasteiger partial charge < -0.3 is 15.5 Å². The predicted molar refractivity (Wildman–Crippen MR) is 112 cm³/mol. The number of nitrogens with zero attached hydrogens (tertiary/aromatic N) is 2. The quantitative estimate of drug-likeness (QED) is 0.695. The molecule has 0 atom stereocenters. The summed E-state index contributed by atoms with van der Waals surface area (Å²) in [6.07, 6.45) is 1.44. The lowest BCUT2D eigenvalue weighted by Crippen LogP contribution is -2.47. The fraction of sp³-hybridized carbons (Fsp3) is 0.364. The monoisotopic (exact) mass is 414 g/mol. The van der Waals surface area contributed by atoms with Crippen LogP contribution < -0.4 is 10.6 Å². The summed E-state index contributed by atoms with van der Waals surface area (Å²) in [5, 5.41) is 5.44. The summed E-state index contributed by atoms with van der Waals surface area (Å²) in [7, 11) is 0. The molecule has 0 aliphatic carbocycles. The molecule has 1 heterocycles. The number of amides is 3. The highest BCUT2D eigenvalue weighted by Gasteiger charge is 2.21. The lowest BCUT2D eigenvalue weighted by Gasteiger charge is -2.26. The number of aromatic nitrogens is 1. The van der Waals surface area contributed by atoms with Gasteiger partial charge in [-0.25, -0.2) is 9.37 Å². The molecule has 3 amide bonds. The van der Waals surface area contributed by atoms with Crippen molar-refractivity contribution in [3.63, 3.8) is 0 Å². The number of nitrogens with one attached hydrogen (secondary N) is 2. The van der Waals surface area contributed by atoms with Crippen molar-refractivity contribution >= 4 is 23.5 Å². The van der Waals surface area contributed by atoms with E-state index in [0.29, 0.717) is 11.4 Å². The molecule has 2 N–H and O–H groups in total. The molecule has 8 heteroatoms. The van der Waals surface area contributed by atoms with Crippen molar-refractivity contribution in [3.8, 4) is 0 Å². The zero-order valence-electron chi connectivity index (χ0n) is 17.4. The van der Waals surface area contributed by atoms with Gasteiger partial charge in [-0.05, 0) is 50.6 Å². The highest BCUT2D eigenvalue weighted by molar-refractivity contribution is 5.93. The maximum Gasteiger partial charge on any atom is 0.240 e. The Balaban J connectivity index is 2.00. The molecule has 0 fully saturated rings. The summed E-state index contributed by atoms with van der Waals surface area (Å²) in [6.45, 7) is 5.52. The van der Waals surface area contributed by atoms with E-state index in [-0.39, 0.29) is 49.5 Å². The molecular formula is C22H27FN4O3. The molecule has 0 saturated heterocycles. The van der Waals surface area contributed by atoms with E-state index in [1.54, 1.807) is 36.5 Å². The van der Waals surface area contributed by atoms with Crippen molar-refractivity contribution in [2.45, 2.75) is 45.7 Å². The van der Waals surface area contributed by atoms with Crippen LogP contribution in [-0.2, 0) is 20.9 Å². The first-order chi connectivity index (χ1) is 14.1. The van der Waals surface area contributed by atoms with Gasteiger partial charge in [0.25, 0.3) is 0 Å². The number of hydrogen-bond donors (Lipinski definition) is 2. The Labute approximate surface area is 175 Å². The molecule has 0 spiro atoms. The first-order valence-corrected chi connectivity index (χ1v) is 9.66. The normalized spacial score (nSPS) is 10.9. The number of halogens is 1. The Kier molecular flexibility index (Phi) is 8.03. The first-order valence-electron chi connectivity index (χ1n) is 9.66. The number of anilines is 1. The van der Waals surface area contributed by atoms with E-state index >= 15 is 0 Å². The van der Waals surface area contributed by atoms with Crippen molar-refractivity contribution in [2.24, 2.45) is 0 Å². The van der Waals surface area contributed by atoms with Gasteiger partial charge in [0, 0.05) is 31.1 Å². The van der Waals surface area contributed by atoms with Crippen LogP contribution in [0.25, 0.3) is 0 Å². The molecule has 2 rings (SSSR count). The Bertz CT molecular complexity index is 864. The topological polar surface area (TPSA) is 91.4 Å². The van der Waals surface area contributed by atoms with Crippen molar-refractivity contribution in [1.82, 2.24) is 15.2 Å². The van der Waals surface area contributed by atoms with E-state index in [4.69, 9.17) is 0 Å². The summed E-state index contributed by atoms with van der Waals surface area (Å²) >= 11 is 0. The Hall–Kier alpha value is -3.29. The van der Waals surface area contributed by atoms with Crippen LogP contribution in [0.5, 0.6) is 0 Å². The molecule has 7 nitrogen and oxygen atoms in total. The van der Waals surface area contributed by atoms with Crippen molar-refractivity contribution in [3.05, 3.63) is 60.0 Å². The molecule has 0 saturated carbocycles. The van der Waals surface area contributed by atoms with Gasteiger partial charge in [0.15, 0.2) is 0 Å². The van der Waals surface area contributed by atoms with Crippen LogP contribution in [0, 0.1) is 5.82 Å². The number of benzene rings is 1. The van der Waals surface area contributed by atoms with Crippen LogP contribution in [0.15, 0.2) is 48.7 Å². The smallest absolute Gasteiger partial charge is 0.240 e. The second-order valence-corrected chi connectivity index (χ2v) is 7.94. The van der Waals surface area contributed by atoms with E-state index in [1.807, 2.05) is 20.8 Å². The molecule has 1 aromatic carbocycles. The van der Waals surface area contributed by atoms with Gasteiger partial charge >= 0.3 is 0 Å². The minimum Gasteiger partial charge on any atom is -0.350 e. The van der Waals surface area contributed by atoms with Gasteiger partial charge in [0.1, 0.15) is 11.6 Å². The minimum atomic E-state index is -0.440. The van der Waals surface area contributed by atoms with Crippen LogP contribution >= 0.6 is 0 Å². The third-order valence-electron chi connectivity index (χ3n) is 3.99. The molecular weight excluding hydrogens is 387 g/mol. The molecule has 160 valence electrons. The molecule has 1 aromatic heterocycles. The maximum absolute atomic E-state index is 13.2. The summed E-state index contributed by atoms with van der Waals surface area (Å²) in [4.78, 5) is 42.6. The second kappa shape index (κ2) is 10.5. The minimum absolute atomic E-state index is 0.0454. The molecule has 2 aromatic rings. The standard InChI is InChI=1S/C22H27FN4O3/c1-22(2,3)26-20(29)15-27(14-16-7-9-17(23)10-8-16)21(30)12-11-19(28)25-18-6-4-5-13-24-18/h4-10,13H,11-12,14-15H2,1-3H3,(H,26,29)(H,24,25,28). The second-order valence-electron chi connectivity index (χ2n) is 7.94. The van der Waals surface area contributed by atoms with E-state index < -0.39 is 5.54 Å². The fourth-order valence-electron chi connectivity index (χ4n) is 2.69. The molecule has 0 radical (unpaired) electrons. The fourth-order valence-corrected chi connectivity index (χ4v) is 2.69. The molecule has 0 aliphatic heterocycles. The SMILES string of the molecule is CC(C)(C)NC(=O)CN(Cc1ccc(F)cc1)C(=O)CCC(=O)Nc1ccccn1. The number of carbonyl (C=O) groups is 3. The molecule has 30 heavy (non-hydrogen) atoms. The van der Waals surface area contributed by atoms with E-state index in [9.17, 15) is 18.8 Å². The van der Waals surface area contributed by atoms with Crippen molar-refractivity contribution in [1.29, 1.82) is 0 Å². The predicted octanol–water partition coefficient (Wildman–Crippen LogP) is 2.88. The van der Waals surface area contributed by atoms with Gasteiger partial charge in [0.05, 0.1) is 6.54 Å². The summed E-state index contributed by atoms with van der Waals surface area (Å²) in [5.41, 5.74) is 0.246. The molecule has 0 bridgehead atoms. The van der Waals surface area contributed by atoms with Crippen LogP contribution in [0.3, 0.4) is 0 Å². The van der Waals surface area contributed by atoms with Crippen LogP contribution in [0.2, 0.25) is 0 Å². The third-order valence-corrected chi connectivity index (χ3v) is 3.99. The lowest BCUT2D eigenvalue weighted by molar-refractivity contribution is -0.137. The summed E-state index contributed by atoms with van der Waals surface area (Å²) in [6, 6.07) is 10.8. The average Bonchev–Trinajstić information content (AvgIpc) is 2.66. The Morgan fingerprint density at radius 2 is 1.70 bits per heavy atom. The lowest BCUT2D eigenvalue weighted by atomic mass is 10.1. The van der Waals surface area contributed by atoms with E-state index in [2.05, 4.69) is 15.6 Å². The van der Waals surface area contributed by atoms with Gasteiger partial charge in [-0.15, -0.1) is 0 Å². The number of carbonyl (C=O) groups excluding carboxylic acids is 3. The molecule has 0 unspecified atom stereocenters. The zero-order valence-corrected chi connectivity index (χ0v) is 17.4. The number of pyridine rings is 1. The van der Waals surface area contributed by atoms with Crippen LogP contribution in [0.1, 0.15) is 39.2 Å². The van der Waals surface area contributed by atoms with E-state index in [0.717, 1.165) is 0 Å². The van der Waals surface area contributed by atoms with Gasteiger partial charge in [-0.2, -0.15) is 0 Å². The Morgan fingerprint density at radius 3 is 2.30 bits per heavy atom. The van der Waals surface area contributed by atoms with Gasteiger partial charge in [-0.3, -0.25) is 14.4 Å². The highest BCUT2D eigenvalue weighted by Crippen LogP contribution is 2.10.